The van der Waals surface area contributed by atoms with Crippen LogP contribution in [0.25, 0.3) is 0 Å². The summed E-state index contributed by atoms with van der Waals surface area (Å²) in [6.07, 6.45) is 0. The van der Waals surface area contributed by atoms with Gasteiger partial charge in [-0.15, -0.1) is 0 Å². The average molecular weight is 352 g/mol. The highest BCUT2D eigenvalue weighted by Crippen LogP contribution is 2.23. The van der Waals surface area contributed by atoms with Crippen LogP contribution in [0.1, 0.15) is 17.0 Å². The van der Waals surface area contributed by atoms with E-state index in [1.165, 1.54) is 6.07 Å². The monoisotopic (exact) mass is 352 g/mol. The van der Waals surface area contributed by atoms with Gasteiger partial charge in [-0.25, -0.2) is 13.6 Å². The predicted octanol–water partition coefficient (Wildman–Crippen LogP) is 4.92. The maximum absolute atomic E-state index is 13.2. The lowest BCUT2D eigenvalue weighted by Crippen LogP contribution is -2.32. The van der Waals surface area contributed by atoms with Crippen molar-refractivity contribution in [3.05, 3.63) is 102 Å². The normalized spacial score (nSPS) is 10.6. The molecule has 3 nitrogen and oxygen atoms in total. The highest BCUT2D eigenvalue weighted by Gasteiger charge is 2.15. The molecule has 0 unspecified atom stereocenters. The second-order valence-electron chi connectivity index (χ2n) is 5.84. The number of carbonyl (C=O) groups excluding carboxylic acids is 1. The molecule has 0 saturated heterocycles. The first kappa shape index (κ1) is 17.6. The third-order valence-corrected chi connectivity index (χ3v) is 4.05. The largest absolute Gasteiger partial charge is 0.337 e. The molecule has 0 heterocycles. The van der Waals surface area contributed by atoms with E-state index in [4.69, 9.17) is 0 Å². The molecule has 3 aromatic carbocycles. The SMILES string of the molecule is O=C(NCC(c1ccccc1)c1ccccc1)Nc1ccc(F)c(F)c1. The summed E-state index contributed by atoms with van der Waals surface area (Å²) in [6.45, 7) is 0.365. The molecule has 0 aliphatic heterocycles. The van der Waals surface area contributed by atoms with Crippen molar-refractivity contribution in [2.45, 2.75) is 5.92 Å². The van der Waals surface area contributed by atoms with Crippen LogP contribution >= 0.6 is 0 Å². The molecule has 0 bridgehead atoms. The molecule has 0 aliphatic carbocycles. The first-order valence-electron chi connectivity index (χ1n) is 8.23. The summed E-state index contributed by atoms with van der Waals surface area (Å²) in [4.78, 5) is 12.1. The number of rotatable bonds is 5. The van der Waals surface area contributed by atoms with Crippen LogP contribution in [0, 0.1) is 11.6 Å². The van der Waals surface area contributed by atoms with Gasteiger partial charge in [0.1, 0.15) is 0 Å². The molecule has 2 N–H and O–H groups in total. The zero-order valence-corrected chi connectivity index (χ0v) is 14.0. The fraction of sp³-hybridized carbons (Fsp3) is 0.0952. The van der Waals surface area contributed by atoms with Crippen LogP contribution in [-0.2, 0) is 0 Å². The summed E-state index contributed by atoms with van der Waals surface area (Å²) in [5.41, 5.74) is 2.34. The van der Waals surface area contributed by atoms with Crippen molar-refractivity contribution in [3.8, 4) is 0 Å². The van der Waals surface area contributed by atoms with Crippen LogP contribution in [0.2, 0.25) is 0 Å². The van der Waals surface area contributed by atoms with E-state index in [2.05, 4.69) is 10.6 Å². The molecule has 0 radical (unpaired) electrons. The lowest BCUT2D eigenvalue weighted by molar-refractivity contribution is 0.252. The Morgan fingerprint density at radius 3 is 1.92 bits per heavy atom. The minimum Gasteiger partial charge on any atom is -0.337 e. The van der Waals surface area contributed by atoms with Gasteiger partial charge in [-0.2, -0.15) is 0 Å². The van der Waals surface area contributed by atoms with E-state index in [1.807, 2.05) is 60.7 Å². The van der Waals surface area contributed by atoms with E-state index in [9.17, 15) is 13.6 Å². The van der Waals surface area contributed by atoms with Crippen molar-refractivity contribution in [1.82, 2.24) is 5.32 Å². The molecule has 0 saturated carbocycles. The Bertz CT molecular complexity index is 830. The molecule has 132 valence electrons. The number of nitrogens with one attached hydrogen (secondary N) is 2. The van der Waals surface area contributed by atoms with Crippen molar-refractivity contribution < 1.29 is 13.6 Å². The van der Waals surface area contributed by atoms with Crippen LogP contribution in [0.3, 0.4) is 0 Å². The summed E-state index contributed by atoms with van der Waals surface area (Å²) in [6, 6.07) is 22.5. The molecular weight excluding hydrogens is 334 g/mol. The number of carbonyl (C=O) groups is 1. The minimum absolute atomic E-state index is 0.0203. The van der Waals surface area contributed by atoms with Crippen LogP contribution in [0.15, 0.2) is 78.9 Å². The molecule has 0 aliphatic rings. The molecule has 3 rings (SSSR count). The Morgan fingerprint density at radius 2 is 1.38 bits per heavy atom. The predicted molar refractivity (Wildman–Crippen MR) is 98.1 cm³/mol. The Morgan fingerprint density at radius 1 is 0.808 bits per heavy atom. The molecule has 3 aromatic rings. The molecule has 0 spiro atoms. The second-order valence-corrected chi connectivity index (χ2v) is 5.84. The second kappa shape index (κ2) is 8.25. The highest BCUT2D eigenvalue weighted by atomic mass is 19.2. The van der Waals surface area contributed by atoms with E-state index in [-0.39, 0.29) is 11.6 Å². The van der Waals surface area contributed by atoms with E-state index < -0.39 is 17.7 Å². The van der Waals surface area contributed by atoms with Crippen molar-refractivity contribution in [2.75, 3.05) is 11.9 Å². The topological polar surface area (TPSA) is 41.1 Å². The quantitative estimate of drug-likeness (QED) is 0.672. The van der Waals surface area contributed by atoms with Gasteiger partial charge in [0.25, 0.3) is 0 Å². The number of anilines is 1. The summed E-state index contributed by atoms with van der Waals surface area (Å²) >= 11 is 0. The maximum atomic E-state index is 13.2. The first-order valence-corrected chi connectivity index (χ1v) is 8.23. The molecule has 5 heteroatoms. The van der Waals surface area contributed by atoms with Gasteiger partial charge < -0.3 is 10.6 Å². The number of amides is 2. The molecular formula is C21H18F2N2O. The minimum atomic E-state index is -1.01. The number of benzene rings is 3. The summed E-state index contributed by atoms with van der Waals surface area (Å²) in [5.74, 6) is -1.98. The number of hydrogen-bond acceptors (Lipinski definition) is 1. The first-order chi connectivity index (χ1) is 12.6. The van der Waals surface area contributed by atoms with Crippen molar-refractivity contribution >= 4 is 11.7 Å². The summed E-state index contributed by atoms with van der Waals surface area (Å²) < 4.78 is 26.2. The van der Waals surface area contributed by atoms with Crippen LogP contribution < -0.4 is 10.6 Å². The summed E-state index contributed by atoms with van der Waals surface area (Å²) in [5, 5.41) is 5.31. The standard InChI is InChI=1S/C21H18F2N2O/c22-19-12-11-17(13-20(19)23)25-21(26)24-14-18(15-7-3-1-4-8-15)16-9-5-2-6-10-16/h1-13,18H,14H2,(H2,24,25,26). The van der Waals surface area contributed by atoms with E-state index >= 15 is 0 Å². The van der Waals surface area contributed by atoms with Crippen molar-refractivity contribution in [2.24, 2.45) is 0 Å². The zero-order valence-electron chi connectivity index (χ0n) is 14.0. The highest BCUT2D eigenvalue weighted by molar-refractivity contribution is 5.89. The van der Waals surface area contributed by atoms with E-state index in [0.717, 1.165) is 23.3 Å². The Labute approximate surface area is 150 Å². The number of halogens is 2. The third kappa shape index (κ3) is 4.45. The average Bonchev–Trinajstić information content (AvgIpc) is 2.67. The van der Waals surface area contributed by atoms with Crippen LogP contribution in [-0.4, -0.2) is 12.6 Å². The lowest BCUT2D eigenvalue weighted by Gasteiger charge is -2.19. The van der Waals surface area contributed by atoms with Crippen LogP contribution in [0.4, 0.5) is 19.3 Å². The fourth-order valence-corrected chi connectivity index (χ4v) is 2.74. The van der Waals surface area contributed by atoms with Gasteiger partial charge >= 0.3 is 6.03 Å². The van der Waals surface area contributed by atoms with Crippen LogP contribution in [0.5, 0.6) is 0 Å². The van der Waals surface area contributed by atoms with Crippen molar-refractivity contribution in [1.29, 1.82) is 0 Å². The lowest BCUT2D eigenvalue weighted by atomic mass is 9.91. The smallest absolute Gasteiger partial charge is 0.319 e. The maximum Gasteiger partial charge on any atom is 0.319 e. The van der Waals surface area contributed by atoms with E-state index in [0.29, 0.717) is 6.54 Å². The molecule has 0 atom stereocenters. The molecule has 2 amide bonds. The van der Waals surface area contributed by atoms with Gasteiger partial charge in [-0.05, 0) is 23.3 Å². The van der Waals surface area contributed by atoms with Gasteiger partial charge in [0.15, 0.2) is 11.6 Å². The Hall–Kier alpha value is -3.21. The van der Waals surface area contributed by atoms with Crippen molar-refractivity contribution in [3.63, 3.8) is 0 Å². The molecule has 0 fully saturated rings. The van der Waals surface area contributed by atoms with Gasteiger partial charge in [0.2, 0.25) is 0 Å². The van der Waals surface area contributed by atoms with Gasteiger partial charge in [0.05, 0.1) is 0 Å². The Kier molecular flexibility index (Phi) is 5.59. The zero-order chi connectivity index (χ0) is 18.4. The van der Waals surface area contributed by atoms with Gasteiger partial charge in [0, 0.05) is 24.2 Å². The van der Waals surface area contributed by atoms with Gasteiger partial charge in [-0.1, -0.05) is 60.7 Å². The fourth-order valence-electron chi connectivity index (χ4n) is 2.74. The molecule has 0 aromatic heterocycles. The molecule has 26 heavy (non-hydrogen) atoms. The third-order valence-electron chi connectivity index (χ3n) is 4.05. The summed E-state index contributed by atoms with van der Waals surface area (Å²) in [7, 11) is 0. The van der Waals surface area contributed by atoms with E-state index in [1.54, 1.807) is 0 Å². The van der Waals surface area contributed by atoms with Gasteiger partial charge in [-0.3, -0.25) is 0 Å². The number of urea groups is 1. The number of hydrogen-bond donors (Lipinski definition) is 2. The Balaban J connectivity index is 1.69.